The molecule has 1 N–H and O–H groups in total. The fourth-order valence-corrected chi connectivity index (χ4v) is 1.46. The van der Waals surface area contributed by atoms with Crippen LogP contribution in [0.1, 0.15) is 5.56 Å². The van der Waals surface area contributed by atoms with Gasteiger partial charge in [-0.15, -0.1) is 0 Å². The Balaban J connectivity index is 2.59. The Kier molecular flexibility index (Phi) is 2.37. The van der Waals surface area contributed by atoms with Gasteiger partial charge < -0.3 is 5.11 Å². The van der Waals surface area contributed by atoms with Crippen molar-refractivity contribution >= 4 is 0 Å². The third-order valence-electron chi connectivity index (χ3n) is 2.28. The van der Waals surface area contributed by atoms with Crippen molar-refractivity contribution in [3.05, 3.63) is 47.8 Å². The molecule has 0 bridgehead atoms. The van der Waals surface area contributed by atoms with Crippen LogP contribution in [-0.2, 0) is 0 Å². The van der Waals surface area contributed by atoms with Crippen molar-refractivity contribution < 1.29 is 9.50 Å². The molecule has 1 aromatic carbocycles. The van der Waals surface area contributed by atoms with Gasteiger partial charge in [0.1, 0.15) is 5.82 Å². The summed E-state index contributed by atoms with van der Waals surface area (Å²) in [5.41, 5.74) is 1.81. The van der Waals surface area contributed by atoms with Crippen molar-refractivity contribution in [1.29, 1.82) is 0 Å². The molecule has 0 aliphatic carbocycles. The van der Waals surface area contributed by atoms with E-state index in [1.54, 1.807) is 31.2 Å². The molecule has 0 saturated heterocycles. The van der Waals surface area contributed by atoms with Gasteiger partial charge in [0.2, 0.25) is 5.88 Å². The summed E-state index contributed by atoms with van der Waals surface area (Å²) in [4.78, 5) is 3.93. The first kappa shape index (κ1) is 9.65. The molecule has 76 valence electrons. The predicted molar refractivity (Wildman–Crippen MR) is 56.0 cm³/mol. The van der Waals surface area contributed by atoms with Gasteiger partial charge in [-0.25, -0.2) is 9.37 Å². The van der Waals surface area contributed by atoms with E-state index in [4.69, 9.17) is 0 Å². The molecule has 15 heavy (non-hydrogen) atoms. The van der Waals surface area contributed by atoms with E-state index in [0.29, 0.717) is 16.8 Å². The summed E-state index contributed by atoms with van der Waals surface area (Å²) >= 11 is 0. The van der Waals surface area contributed by atoms with E-state index in [1.807, 2.05) is 0 Å². The molecular weight excluding hydrogens is 193 g/mol. The highest BCUT2D eigenvalue weighted by Gasteiger charge is 2.06. The van der Waals surface area contributed by atoms with Crippen LogP contribution in [0.3, 0.4) is 0 Å². The molecule has 0 atom stereocenters. The van der Waals surface area contributed by atoms with Crippen LogP contribution in [0.15, 0.2) is 36.4 Å². The van der Waals surface area contributed by atoms with Crippen LogP contribution in [0.5, 0.6) is 5.88 Å². The van der Waals surface area contributed by atoms with Crippen LogP contribution >= 0.6 is 0 Å². The molecule has 0 radical (unpaired) electrons. The minimum Gasteiger partial charge on any atom is -0.493 e. The minimum atomic E-state index is -0.266. The molecule has 0 aliphatic rings. The lowest BCUT2D eigenvalue weighted by molar-refractivity contribution is 0.454. The number of aromatic hydroxyl groups is 1. The van der Waals surface area contributed by atoms with Gasteiger partial charge in [0, 0.05) is 11.6 Å². The number of rotatable bonds is 1. The van der Waals surface area contributed by atoms with E-state index in [0.717, 1.165) is 0 Å². The lowest BCUT2D eigenvalue weighted by atomic mass is 10.0. The molecule has 1 heterocycles. The summed E-state index contributed by atoms with van der Waals surface area (Å²) in [5.74, 6) is -0.325. The Hall–Kier alpha value is -1.90. The summed E-state index contributed by atoms with van der Waals surface area (Å²) in [6.07, 6.45) is 0. The number of halogens is 1. The fraction of sp³-hybridized carbons (Fsp3) is 0.0833. The van der Waals surface area contributed by atoms with E-state index in [2.05, 4.69) is 4.98 Å². The zero-order valence-electron chi connectivity index (χ0n) is 8.24. The van der Waals surface area contributed by atoms with Crippen molar-refractivity contribution in [2.24, 2.45) is 0 Å². The maximum Gasteiger partial charge on any atom is 0.211 e. The van der Waals surface area contributed by atoms with E-state index < -0.39 is 0 Å². The number of aromatic nitrogens is 1. The van der Waals surface area contributed by atoms with Gasteiger partial charge in [-0.1, -0.05) is 18.2 Å². The summed E-state index contributed by atoms with van der Waals surface area (Å²) in [5, 5.41) is 9.23. The van der Waals surface area contributed by atoms with Crippen LogP contribution < -0.4 is 0 Å². The van der Waals surface area contributed by atoms with Crippen LogP contribution in [0.2, 0.25) is 0 Å². The molecular formula is C12H10FNO. The molecule has 2 rings (SSSR count). The van der Waals surface area contributed by atoms with Gasteiger partial charge in [-0.2, -0.15) is 0 Å². The molecule has 0 spiro atoms. The van der Waals surface area contributed by atoms with Crippen molar-refractivity contribution in [2.75, 3.05) is 0 Å². The van der Waals surface area contributed by atoms with Gasteiger partial charge in [0.15, 0.2) is 0 Å². The number of pyridine rings is 1. The highest BCUT2D eigenvalue weighted by Crippen LogP contribution is 2.24. The third kappa shape index (κ3) is 1.81. The topological polar surface area (TPSA) is 33.1 Å². The summed E-state index contributed by atoms with van der Waals surface area (Å²) in [6, 6.07) is 9.72. The molecule has 0 aliphatic heterocycles. The van der Waals surface area contributed by atoms with Crippen LogP contribution in [0, 0.1) is 12.7 Å². The molecule has 0 saturated carbocycles. The number of hydrogen-bond donors (Lipinski definition) is 1. The van der Waals surface area contributed by atoms with Crippen molar-refractivity contribution in [3.8, 4) is 17.1 Å². The zero-order chi connectivity index (χ0) is 10.8. The second-order valence-corrected chi connectivity index (χ2v) is 3.29. The lowest BCUT2D eigenvalue weighted by Gasteiger charge is -2.05. The molecule has 2 aromatic rings. The summed E-state index contributed by atoms with van der Waals surface area (Å²) in [6.45, 7) is 1.69. The Morgan fingerprint density at radius 2 is 1.87 bits per heavy atom. The molecule has 2 nitrogen and oxygen atoms in total. The molecule has 3 heteroatoms. The second kappa shape index (κ2) is 3.69. The second-order valence-electron chi connectivity index (χ2n) is 3.29. The Morgan fingerprint density at radius 1 is 1.13 bits per heavy atom. The highest BCUT2D eigenvalue weighted by atomic mass is 19.1. The fourth-order valence-electron chi connectivity index (χ4n) is 1.46. The summed E-state index contributed by atoms with van der Waals surface area (Å²) < 4.78 is 13.3. The van der Waals surface area contributed by atoms with Crippen molar-refractivity contribution in [1.82, 2.24) is 4.98 Å². The van der Waals surface area contributed by atoms with Gasteiger partial charge in [-0.3, -0.25) is 0 Å². The van der Waals surface area contributed by atoms with E-state index in [-0.39, 0.29) is 11.7 Å². The summed E-state index contributed by atoms with van der Waals surface area (Å²) in [7, 11) is 0. The van der Waals surface area contributed by atoms with Crippen LogP contribution in [0.4, 0.5) is 4.39 Å². The van der Waals surface area contributed by atoms with Gasteiger partial charge in [0.05, 0.1) is 5.69 Å². The van der Waals surface area contributed by atoms with Gasteiger partial charge in [-0.05, 0) is 24.6 Å². The molecule has 1 aromatic heterocycles. The number of benzene rings is 1. The minimum absolute atomic E-state index is 0.0591. The maximum absolute atomic E-state index is 13.3. The first-order chi connectivity index (χ1) is 7.18. The Morgan fingerprint density at radius 3 is 2.60 bits per heavy atom. The van der Waals surface area contributed by atoms with Crippen LogP contribution in [0.25, 0.3) is 11.3 Å². The first-order valence-electron chi connectivity index (χ1n) is 4.60. The quantitative estimate of drug-likeness (QED) is 0.773. The van der Waals surface area contributed by atoms with Crippen molar-refractivity contribution in [3.63, 3.8) is 0 Å². The Labute approximate surface area is 87.0 Å². The molecule has 0 unspecified atom stereocenters. The maximum atomic E-state index is 13.3. The normalized spacial score (nSPS) is 10.3. The van der Waals surface area contributed by atoms with E-state index in [1.165, 1.54) is 12.1 Å². The SMILES string of the molecule is Cc1c(F)cccc1-c1cccc(O)n1. The number of nitrogens with zero attached hydrogens (tertiary/aromatic N) is 1. The smallest absolute Gasteiger partial charge is 0.211 e. The zero-order valence-corrected chi connectivity index (χ0v) is 8.24. The first-order valence-corrected chi connectivity index (χ1v) is 4.60. The largest absolute Gasteiger partial charge is 0.493 e. The van der Waals surface area contributed by atoms with Crippen LogP contribution in [-0.4, -0.2) is 10.1 Å². The molecule has 0 fully saturated rings. The highest BCUT2D eigenvalue weighted by molar-refractivity contribution is 5.63. The standard InChI is InChI=1S/C12H10FNO/c1-8-9(4-2-5-10(8)13)11-6-3-7-12(15)14-11/h2-7H,1H3,(H,14,15). The van der Waals surface area contributed by atoms with Crippen molar-refractivity contribution in [2.45, 2.75) is 6.92 Å². The number of hydrogen-bond acceptors (Lipinski definition) is 2. The predicted octanol–water partition coefficient (Wildman–Crippen LogP) is 2.90. The molecule has 0 amide bonds. The van der Waals surface area contributed by atoms with E-state index >= 15 is 0 Å². The monoisotopic (exact) mass is 203 g/mol. The lowest BCUT2D eigenvalue weighted by Crippen LogP contribution is -1.89. The van der Waals surface area contributed by atoms with Gasteiger partial charge >= 0.3 is 0 Å². The average molecular weight is 203 g/mol. The van der Waals surface area contributed by atoms with Gasteiger partial charge in [0.25, 0.3) is 0 Å². The third-order valence-corrected chi connectivity index (χ3v) is 2.28. The van der Waals surface area contributed by atoms with E-state index in [9.17, 15) is 9.50 Å². The average Bonchev–Trinajstić information content (AvgIpc) is 2.22. The Bertz CT molecular complexity index is 497.